The molecule has 2 amide bonds. The molecule has 244 valence electrons. The van der Waals surface area contributed by atoms with Crippen molar-refractivity contribution in [2.45, 2.75) is 103 Å². The normalized spacial score (nSPS) is 10.5. The molecule has 0 aromatic heterocycles. The van der Waals surface area contributed by atoms with Crippen LogP contribution in [0.3, 0.4) is 0 Å². The summed E-state index contributed by atoms with van der Waals surface area (Å²) in [6, 6.07) is 4.70. The van der Waals surface area contributed by atoms with E-state index in [0.717, 1.165) is 38.5 Å². The van der Waals surface area contributed by atoms with E-state index in [4.69, 9.17) is 20.5 Å². The molecule has 0 aliphatic heterocycles. The van der Waals surface area contributed by atoms with E-state index in [0.29, 0.717) is 75.8 Å². The highest BCUT2D eigenvalue weighted by molar-refractivity contribution is 6.01. The van der Waals surface area contributed by atoms with E-state index in [1.807, 2.05) is 0 Å². The van der Waals surface area contributed by atoms with Crippen molar-refractivity contribution < 1.29 is 38.9 Å². The van der Waals surface area contributed by atoms with Crippen molar-refractivity contribution in [1.29, 1.82) is 0 Å². The van der Waals surface area contributed by atoms with Crippen LogP contribution in [0.5, 0.6) is 5.75 Å². The lowest BCUT2D eigenvalue weighted by atomic mass is 10.0. The Hall–Kier alpha value is -4.12. The lowest BCUT2D eigenvalue weighted by Gasteiger charge is -2.12. The second-order valence-electron chi connectivity index (χ2n) is 10.6. The van der Waals surface area contributed by atoms with Gasteiger partial charge in [-0.3, -0.25) is 24.0 Å². The Morgan fingerprint density at radius 2 is 1.25 bits per heavy atom. The number of nitrogens with zero attached hydrogens (tertiary/aromatic N) is 3. The Labute approximate surface area is 258 Å². The van der Waals surface area contributed by atoms with E-state index in [1.54, 1.807) is 18.2 Å². The third-order valence-corrected chi connectivity index (χ3v) is 6.81. The predicted octanol–water partition coefficient (Wildman–Crippen LogP) is 5.82. The molecule has 0 spiro atoms. The van der Waals surface area contributed by atoms with E-state index >= 15 is 0 Å². The largest absolute Gasteiger partial charge is 0.492 e. The van der Waals surface area contributed by atoms with Crippen molar-refractivity contribution in [3.63, 3.8) is 0 Å². The standard InChI is InChI=1S/C31H47N5O8/c32-36-35-18-12-5-8-14-28(38)33-19-20-44-26-22-24(27(37)13-7-3-1-2-4-9-15-29(39)40)21-25(23-26)31(43)34-17-11-6-10-16-30(41)42/h21-23H,1-20H2,(H,33,38)(H,34,43)(H,39,40)(H,41,42). The zero-order valence-corrected chi connectivity index (χ0v) is 25.6. The third kappa shape index (κ3) is 19.9. The highest BCUT2D eigenvalue weighted by Gasteiger charge is 2.14. The van der Waals surface area contributed by atoms with E-state index in [9.17, 15) is 24.0 Å². The van der Waals surface area contributed by atoms with Crippen molar-refractivity contribution in [1.82, 2.24) is 10.6 Å². The van der Waals surface area contributed by atoms with E-state index in [-0.39, 0.29) is 49.2 Å². The number of nitrogens with one attached hydrogen (secondary N) is 2. The SMILES string of the molecule is [N-]=[N+]=NCCCCCC(=O)NCCOc1cc(C(=O)CCCCCCCCC(=O)O)cc(C(=O)NCCCCCC(=O)O)c1. The summed E-state index contributed by atoms with van der Waals surface area (Å²) in [6.45, 7) is 1.18. The number of hydrogen-bond acceptors (Lipinski definition) is 7. The molecule has 13 nitrogen and oxygen atoms in total. The van der Waals surface area contributed by atoms with Crippen molar-refractivity contribution in [2.24, 2.45) is 5.11 Å². The molecule has 0 unspecified atom stereocenters. The zero-order valence-electron chi connectivity index (χ0n) is 25.6. The Morgan fingerprint density at radius 3 is 1.91 bits per heavy atom. The van der Waals surface area contributed by atoms with Crippen LogP contribution in [0.15, 0.2) is 23.3 Å². The van der Waals surface area contributed by atoms with Crippen molar-refractivity contribution in [2.75, 3.05) is 26.2 Å². The highest BCUT2D eigenvalue weighted by atomic mass is 16.5. The van der Waals surface area contributed by atoms with Crippen LogP contribution in [0.4, 0.5) is 0 Å². The van der Waals surface area contributed by atoms with E-state index in [2.05, 4.69) is 20.7 Å². The summed E-state index contributed by atoms with van der Waals surface area (Å²) in [5, 5.41) is 26.5. The number of aliphatic carboxylic acids is 2. The van der Waals surface area contributed by atoms with Crippen LogP contribution in [0.25, 0.3) is 10.4 Å². The first-order chi connectivity index (χ1) is 21.2. The number of ether oxygens (including phenoxy) is 1. The fourth-order valence-corrected chi connectivity index (χ4v) is 4.41. The first-order valence-corrected chi connectivity index (χ1v) is 15.5. The van der Waals surface area contributed by atoms with Crippen molar-refractivity contribution in [3.8, 4) is 5.75 Å². The average Bonchev–Trinajstić information content (AvgIpc) is 2.99. The summed E-state index contributed by atoms with van der Waals surface area (Å²) >= 11 is 0. The highest BCUT2D eigenvalue weighted by Crippen LogP contribution is 2.20. The molecule has 0 saturated carbocycles. The number of Topliss-reactive ketones (excluding diaryl/α,β-unsaturated/α-hetero) is 1. The summed E-state index contributed by atoms with van der Waals surface area (Å²) in [7, 11) is 0. The molecule has 4 N–H and O–H groups in total. The summed E-state index contributed by atoms with van der Waals surface area (Å²) in [4.78, 5) is 61.8. The maximum Gasteiger partial charge on any atom is 0.303 e. The van der Waals surface area contributed by atoms with Crippen LogP contribution in [0, 0.1) is 0 Å². The zero-order chi connectivity index (χ0) is 32.4. The molecule has 0 atom stereocenters. The fraction of sp³-hybridized carbons (Fsp3) is 0.645. The molecular weight excluding hydrogens is 570 g/mol. The van der Waals surface area contributed by atoms with Gasteiger partial charge in [-0.1, -0.05) is 43.6 Å². The van der Waals surface area contributed by atoms with Gasteiger partial charge in [0.05, 0.1) is 6.54 Å². The van der Waals surface area contributed by atoms with Gasteiger partial charge in [0.2, 0.25) is 5.91 Å². The lowest BCUT2D eigenvalue weighted by molar-refractivity contribution is -0.138. The molecule has 13 heteroatoms. The average molecular weight is 618 g/mol. The molecule has 1 aromatic rings. The first-order valence-electron chi connectivity index (χ1n) is 15.5. The van der Waals surface area contributed by atoms with Crippen molar-refractivity contribution in [3.05, 3.63) is 39.8 Å². The minimum absolute atomic E-state index is 0.0862. The van der Waals surface area contributed by atoms with E-state index < -0.39 is 11.9 Å². The van der Waals surface area contributed by atoms with Gasteiger partial charge in [0.25, 0.3) is 5.91 Å². The molecule has 1 rings (SSSR count). The maximum absolute atomic E-state index is 13.0. The Kier molecular flexibility index (Phi) is 21.0. The number of amides is 2. The quantitative estimate of drug-likeness (QED) is 0.0310. The predicted molar refractivity (Wildman–Crippen MR) is 165 cm³/mol. The number of carbonyl (C=O) groups excluding carboxylic acids is 3. The Morgan fingerprint density at radius 1 is 0.682 bits per heavy atom. The van der Waals surface area contributed by atoms with Gasteiger partial charge in [-0.15, -0.1) is 0 Å². The van der Waals surface area contributed by atoms with Gasteiger partial charge >= 0.3 is 11.9 Å². The summed E-state index contributed by atoms with van der Waals surface area (Å²) in [5.41, 5.74) is 8.92. The number of hydrogen-bond donors (Lipinski definition) is 4. The number of azide groups is 1. The second-order valence-corrected chi connectivity index (χ2v) is 10.6. The molecule has 0 bridgehead atoms. The van der Waals surface area contributed by atoms with Crippen LogP contribution in [-0.4, -0.2) is 66.0 Å². The molecular formula is C31H47N5O8. The molecule has 0 saturated heterocycles. The van der Waals surface area contributed by atoms with Gasteiger partial charge in [0, 0.05) is 54.8 Å². The van der Waals surface area contributed by atoms with Gasteiger partial charge in [-0.2, -0.15) is 0 Å². The van der Waals surface area contributed by atoms with E-state index in [1.165, 1.54) is 0 Å². The Balaban J connectivity index is 2.64. The molecule has 44 heavy (non-hydrogen) atoms. The number of carboxylic acid groups (broad SMARTS) is 2. The van der Waals surface area contributed by atoms with Gasteiger partial charge < -0.3 is 25.6 Å². The van der Waals surface area contributed by atoms with Gasteiger partial charge in [-0.25, -0.2) is 0 Å². The number of carbonyl (C=O) groups is 5. The van der Waals surface area contributed by atoms with Crippen LogP contribution in [0.2, 0.25) is 0 Å². The lowest BCUT2D eigenvalue weighted by Crippen LogP contribution is -2.28. The van der Waals surface area contributed by atoms with Gasteiger partial charge in [0.15, 0.2) is 5.78 Å². The second kappa shape index (κ2) is 24.3. The maximum atomic E-state index is 13.0. The van der Waals surface area contributed by atoms with Gasteiger partial charge in [-0.05, 0) is 62.3 Å². The molecule has 0 radical (unpaired) electrons. The topological polar surface area (TPSA) is 208 Å². The summed E-state index contributed by atoms with van der Waals surface area (Å²) < 4.78 is 5.79. The van der Waals surface area contributed by atoms with Crippen molar-refractivity contribution >= 4 is 29.5 Å². The molecule has 0 fully saturated rings. The van der Waals surface area contributed by atoms with Crippen LogP contribution < -0.4 is 15.4 Å². The first kappa shape index (κ1) is 37.9. The number of rotatable bonds is 27. The number of ketones is 1. The molecule has 0 aliphatic carbocycles. The fourth-order valence-electron chi connectivity index (χ4n) is 4.41. The monoisotopic (exact) mass is 617 g/mol. The van der Waals surface area contributed by atoms with Crippen LogP contribution >= 0.6 is 0 Å². The Bertz CT molecular complexity index is 1100. The molecule has 1 aromatic carbocycles. The van der Waals surface area contributed by atoms with Crippen LogP contribution in [0.1, 0.15) is 123 Å². The number of carboxylic acids is 2. The minimum atomic E-state index is -0.850. The number of unbranched alkanes of at least 4 members (excludes halogenated alkanes) is 9. The molecule has 0 aliphatic rings. The smallest absolute Gasteiger partial charge is 0.303 e. The number of benzene rings is 1. The molecule has 0 heterocycles. The summed E-state index contributed by atoms with van der Waals surface area (Å²) in [6.07, 6.45) is 9.78. The van der Waals surface area contributed by atoms with Gasteiger partial charge in [0.1, 0.15) is 12.4 Å². The summed E-state index contributed by atoms with van der Waals surface area (Å²) in [5.74, 6) is -1.89. The third-order valence-electron chi connectivity index (χ3n) is 6.81. The minimum Gasteiger partial charge on any atom is -0.492 e. The van der Waals surface area contributed by atoms with Crippen LogP contribution in [-0.2, 0) is 14.4 Å².